The zero-order chi connectivity index (χ0) is 23.5. The molecule has 174 valence electrons. The third kappa shape index (κ3) is 4.62. The fraction of sp³-hybridized carbons (Fsp3) is 0.333. The summed E-state index contributed by atoms with van der Waals surface area (Å²) < 4.78 is 12.5. The Morgan fingerprint density at radius 1 is 1.03 bits per heavy atom. The van der Waals surface area contributed by atoms with Crippen molar-refractivity contribution >= 4 is 17.6 Å². The van der Waals surface area contributed by atoms with Gasteiger partial charge >= 0.3 is 6.03 Å². The van der Waals surface area contributed by atoms with Crippen LogP contribution in [0.1, 0.15) is 24.5 Å². The summed E-state index contributed by atoms with van der Waals surface area (Å²) in [6, 6.07) is 15.0. The summed E-state index contributed by atoms with van der Waals surface area (Å²) in [4.78, 5) is 13.7. The summed E-state index contributed by atoms with van der Waals surface area (Å²) in [6.45, 7) is 1.05. The molecule has 0 aliphatic carbocycles. The van der Waals surface area contributed by atoms with Crippen molar-refractivity contribution in [3.05, 3.63) is 59.2 Å². The van der Waals surface area contributed by atoms with Crippen LogP contribution in [0, 0.1) is 0 Å². The van der Waals surface area contributed by atoms with Crippen molar-refractivity contribution in [1.29, 1.82) is 0 Å². The van der Waals surface area contributed by atoms with Crippen LogP contribution >= 0.6 is 11.6 Å². The molecule has 2 amide bonds. The van der Waals surface area contributed by atoms with Crippen LogP contribution in [-0.2, 0) is 0 Å². The number of urea groups is 1. The van der Waals surface area contributed by atoms with Crippen LogP contribution < -0.4 is 9.47 Å². The van der Waals surface area contributed by atoms with Crippen LogP contribution in [0.3, 0.4) is 0 Å². The number of ether oxygens (including phenoxy) is 2. The van der Waals surface area contributed by atoms with Crippen LogP contribution in [-0.4, -0.2) is 65.3 Å². The number of rotatable bonds is 5. The highest BCUT2D eigenvalue weighted by Gasteiger charge is 2.30. The van der Waals surface area contributed by atoms with E-state index in [1.54, 1.807) is 19.1 Å². The summed E-state index contributed by atoms with van der Waals surface area (Å²) in [5, 5.41) is 15.6. The van der Waals surface area contributed by atoms with Gasteiger partial charge in [-0.25, -0.2) is 14.5 Å². The van der Waals surface area contributed by atoms with Crippen molar-refractivity contribution in [3.63, 3.8) is 0 Å². The summed E-state index contributed by atoms with van der Waals surface area (Å²) >= 11 is 6.96. The van der Waals surface area contributed by atoms with E-state index in [4.69, 9.17) is 26.2 Å². The van der Waals surface area contributed by atoms with Gasteiger partial charge in [-0.2, -0.15) is 5.10 Å². The molecule has 0 saturated carbocycles. The van der Waals surface area contributed by atoms with E-state index in [-0.39, 0.29) is 5.92 Å². The van der Waals surface area contributed by atoms with Crippen LogP contribution in [0.15, 0.2) is 48.5 Å². The van der Waals surface area contributed by atoms with Gasteiger partial charge in [-0.05, 0) is 61.4 Å². The van der Waals surface area contributed by atoms with E-state index in [1.807, 2.05) is 53.2 Å². The highest BCUT2D eigenvalue weighted by atomic mass is 35.5. The van der Waals surface area contributed by atoms with Gasteiger partial charge in [0.15, 0.2) is 0 Å². The van der Waals surface area contributed by atoms with Crippen LogP contribution in [0.4, 0.5) is 4.79 Å². The highest BCUT2D eigenvalue weighted by Crippen LogP contribution is 2.40. The van der Waals surface area contributed by atoms with Crippen LogP contribution in [0.25, 0.3) is 16.9 Å². The molecule has 1 fully saturated rings. The molecule has 0 atom stereocenters. The molecule has 3 aromatic rings. The van der Waals surface area contributed by atoms with Crippen molar-refractivity contribution in [3.8, 4) is 28.4 Å². The molecule has 1 aliphatic heterocycles. The van der Waals surface area contributed by atoms with Gasteiger partial charge < -0.3 is 14.4 Å². The lowest BCUT2D eigenvalue weighted by Gasteiger charge is -2.32. The van der Waals surface area contributed by atoms with Gasteiger partial charge in [-0.15, -0.1) is 0 Å². The molecule has 1 saturated heterocycles. The molecule has 0 spiro atoms. The Morgan fingerprint density at radius 3 is 2.09 bits per heavy atom. The lowest BCUT2D eigenvalue weighted by Crippen LogP contribution is -2.43. The predicted molar refractivity (Wildman–Crippen MR) is 126 cm³/mol. The van der Waals surface area contributed by atoms with E-state index in [0.29, 0.717) is 36.0 Å². The molecule has 1 aromatic heterocycles. The van der Waals surface area contributed by atoms with E-state index in [1.165, 1.54) is 7.05 Å². The minimum Gasteiger partial charge on any atom is -0.497 e. The second-order valence-electron chi connectivity index (χ2n) is 7.95. The number of hydroxylamine groups is 2. The quantitative estimate of drug-likeness (QED) is 0.426. The molecular formula is C24H27ClN4O4. The third-order valence-electron chi connectivity index (χ3n) is 5.96. The normalized spacial score (nSPS) is 14.3. The maximum absolute atomic E-state index is 12.1. The number of amides is 2. The number of nitrogens with zero attached hydrogens (tertiary/aromatic N) is 4. The molecule has 1 N–H and O–H groups in total. The molecule has 0 unspecified atom stereocenters. The maximum Gasteiger partial charge on any atom is 0.343 e. The summed E-state index contributed by atoms with van der Waals surface area (Å²) in [5.41, 5.74) is 3.39. The SMILES string of the molecule is COc1ccc(-c2c(Cl)c(C3CCN(C(=O)N(C)O)CC3)nn2-c2ccc(OC)cc2)cc1. The summed E-state index contributed by atoms with van der Waals surface area (Å²) in [7, 11) is 4.60. The minimum atomic E-state index is -0.401. The van der Waals surface area contributed by atoms with Crippen molar-refractivity contribution < 1.29 is 19.5 Å². The average molecular weight is 471 g/mol. The number of carbonyl (C=O) groups is 1. The fourth-order valence-electron chi connectivity index (χ4n) is 4.13. The van der Waals surface area contributed by atoms with Gasteiger partial charge in [0, 0.05) is 31.6 Å². The van der Waals surface area contributed by atoms with Crippen molar-refractivity contribution in [2.45, 2.75) is 18.8 Å². The monoisotopic (exact) mass is 470 g/mol. The van der Waals surface area contributed by atoms with E-state index in [2.05, 4.69) is 0 Å². The number of carbonyl (C=O) groups excluding carboxylic acids is 1. The number of benzene rings is 2. The van der Waals surface area contributed by atoms with Gasteiger partial charge in [-0.3, -0.25) is 5.21 Å². The van der Waals surface area contributed by atoms with E-state index in [0.717, 1.165) is 34.1 Å². The fourth-order valence-corrected chi connectivity index (χ4v) is 4.52. The second kappa shape index (κ2) is 9.72. The smallest absolute Gasteiger partial charge is 0.343 e. The Labute approximate surface area is 197 Å². The van der Waals surface area contributed by atoms with Crippen LogP contribution in [0.5, 0.6) is 11.5 Å². The summed E-state index contributed by atoms with van der Waals surface area (Å²) in [6.07, 6.45) is 1.42. The topological polar surface area (TPSA) is 80.1 Å². The van der Waals surface area contributed by atoms with Crippen molar-refractivity contribution in [2.75, 3.05) is 34.4 Å². The molecule has 2 heterocycles. The van der Waals surface area contributed by atoms with Gasteiger partial charge in [0.05, 0.1) is 36.3 Å². The second-order valence-corrected chi connectivity index (χ2v) is 8.33. The summed E-state index contributed by atoms with van der Waals surface area (Å²) in [5.74, 6) is 1.62. The molecule has 1 aliphatic rings. The Balaban J connectivity index is 1.71. The third-order valence-corrected chi connectivity index (χ3v) is 6.33. The van der Waals surface area contributed by atoms with E-state index >= 15 is 0 Å². The average Bonchev–Trinajstić information content (AvgIpc) is 3.20. The number of hydrogen-bond donors (Lipinski definition) is 1. The van der Waals surface area contributed by atoms with Gasteiger partial charge in [0.2, 0.25) is 0 Å². The zero-order valence-corrected chi connectivity index (χ0v) is 19.6. The van der Waals surface area contributed by atoms with E-state index in [9.17, 15) is 10.0 Å². The molecule has 0 radical (unpaired) electrons. The number of halogens is 1. The predicted octanol–water partition coefficient (Wildman–Crippen LogP) is 4.83. The highest BCUT2D eigenvalue weighted by molar-refractivity contribution is 6.34. The van der Waals surface area contributed by atoms with E-state index < -0.39 is 6.03 Å². The molecule has 9 heteroatoms. The molecule has 4 rings (SSSR count). The van der Waals surface area contributed by atoms with Crippen molar-refractivity contribution in [1.82, 2.24) is 19.7 Å². The number of aromatic nitrogens is 2. The molecule has 8 nitrogen and oxygen atoms in total. The Morgan fingerprint density at radius 2 is 1.58 bits per heavy atom. The first-order valence-electron chi connectivity index (χ1n) is 10.7. The number of hydrogen-bond acceptors (Lipinski definition) is 5. The Hall–Kier alpha value is -3.23. The molecule has 0 bridgehead atoms. The Bertz CT molecular complexity index is 1100. The standard InChI is InChI=1S/C24H27ClN4O4/c1-27(31)24(30)28-14-12-16(13-15-28)22-21(25)23(17-4-8-19(32-2)9-5-17)29(26-22)18-6-10-20(33-3)11-7-18/h4-11,16,31H,12-15H2,1-3H3. The zero-order valence-electron chi connectivity index (χ0n) is 18.9. The van der Waals surface area contributed by atoms with Gasteiger partial charge in [0.1, 0.15) is 11.5 Å². The first kappa shape index (κ1) is 22.9. The number of likely N-dealkylation sites (tertiary alicyclic amines) is 1. The minimum absolute atomic E-state index is 0.0991. The Kier molecular flexibility index (Phi) is 6.76. The van der Waals surface area contributed by atoms with Crippen LogP contribution in [0.2, 0.25) is 5.02 Å². The molecule has 2 aromatic carbocycles. The first-order chi connectivity index (χ1) is 15.9. The lowest BCUT2D eigenvalue weighted by molar-refractivity contribution is -0.0356. The molecular weight excluding hydrogens is 444 g/mol. The number of methoxy groups -OCH3 is 2. The van der Waals surface area contributed by atoms with Crippen molar-refractivity contribution in [2.24, 2.45) is 0 Å². The lowest BCUT2D eigenvalue weighted by atomic mass is 9.93. The largest absolute Gasteiger partial charge is 0.497 e. The van der Waals surface area contributed by atoms with Gasteiger partial charge in [-0.1, -0.05) is 11.6 Å². The maximum atomic E-state index is 12.1. The van der Waals surface area contributed by atoms with Gasteiger partial charge in [0.25, 0.3) is 0 Å². The number of piperidine rings is 1. The molecule has 33 heavy (non-hydrogen) atoms. The first-order valence-corrected chi connectivity index (χ1v) is 11.1.